The van der Waals surface area contributed by atoms with E-state index in [4.69, 9.17) is 14.2 Å². The Labute approximate surface area is 124 Å². The Balaban J connectivity index is 2.08. The molecule has 5 heteroatoms. The molecule has 0 atom stereocenters. The number of ether oxygens (including phenoxy) is 3. The molecule has 0 aliphatic rings. The highest BCUT2D eigenvalue weighted by atomic mass is 16.5. The largest absolute Gasteiger partial charge is 0.496 e. The van der Waals surface area contributed by atoms with Crippen LogP contribution in [0.1, 0.15) is 11.3 Å². The van der Waals surface area contributed by atoms with Crippen molar-refractivity contribution in [1.82, 2.24) is 4.98 Å². The maximum atomic E-state index is 5.42. The number of benzene rings is 1. The monoisotopic (exact) mass is 289 g/mol. The predicted molar refractivity (Wildman–Crippen MR) is 79.7 cm³/mol. The van der Waals surface area contributed by atoms with Gasteiger partial charge in [0.2, 0.25) is 0 Å². The van der Waals surface area contributed by atoms with Gasteiger partial charge in [-0.25, -0.2) is 0 Å². The van der Waals surface area contributed by atoms with E-state index in [2.05, 4.69) is 10.3 Å². The summed E-state index contributed by atoms with van der Waals surface area (Å²) in [4.78, 5) is 4.31. The van der Waals surface area contributed by atoms with Gasteiger partial charge in [0.05, 0.1) is 32.6 Å². The highest BCUT2D eigenvalue weighted by Gasteiger charge is 2.13. The van der Waals surface area contributed by atoms with Gasteiger partial charge in [-0.15, -0.1) is 0 Å². The van der Waals surface area contributed by atoms with Gasteiger partial charge in [0, 0.05) is 12.3 Å². The van der Waals surface area contributed by atoms with Crippen LogP contribution in [0, 0.1) is 0 Å². The van der Waals surface area contributed by atoms with Gasteiger partial charge in [-0.05, 0) is 18.2 Å². The summed E-state index contributed by atoms with van der Waals surface area (Å²) in [7, 11) is 4.90. The van der Waals surface area contributed by atoms with Gasteiger partial charge in [-0.3, -0.25) is 4.98 Å². The zero-order valence-electron chi connectivity index (χ0n) is 12.6. The first-order valence-corrected chi connectivity index (χ1v) is 6.79. The number of hydrogen-bond donors (Lipinski definition) is 1. The molecule has 2 aromatic rings. The minimum atomic E-state index is 0.669. The smallest absolute Gasteiger partial charge is 0.164 e. The molecule has 0 radical (unpaired) electrons. The lowest BCUT2D eigenvalue weighted by Crippen LogP contribution is -2.80. The number of nitrogens with zero attached hydrogens (tertiary/aromatic N) is 1. The first-order chi connectivity index (χ1) is 10.3. The van der Waals surface area contributed by atoms with E-state index in [1.165, 1.54) is 0 Å². The number of quaternary nitrogens is 1. The summed E-state index contributed by atoms with van der Waals surface area (Å²) >= 11 is 0. The van der Waals surface area contributed by atoms with Crippen LogP contribution in [0.25, 0.3) is 0 Å². The van der Waals surface area contributed by atoms with E-state index in [0.717, 1.165) is 30.1 Å². The van der Waals surface area contributed by atoms with Crippen molar-refractivity contribution in [2.45, 2.75) is 13.1 Å². The fourth-order valence-corrected chi connectivity index (χ4v) is 2.15. The molecule has 1 aromatic heterocycles. The summed E-state index contributed by atoms with van der Waals surface area (Å²) in [5.74, 6) is 2.17. The highest BCUT2D eigenvalue weighted by Crippen LogP contribution is 2.34. The van der Waals surface area contributed by atoms with Crippen molar-refractivity contribution in [3.8, 4) is 17.2 Å². The fraction of sp³-hybridized carbons (Fsp3) is 0.312. The van der Waals surface area contributed by atoms with Crippen LogP contribution >= 0.6 is 0 Å². The quantitative estimate of drug-likeness (QED) is 0.836. The molecule has 112 valence electrons. The average Bonchev–Trinajstić information content (AvgIpc) is 2.55. The van der Waals surface area contributed by atoms with Crippen LogP contribution in [0.2, 0.25) is 0 Å². The van der Waals surface area contributed by atoms with Crippen molar-refractivity contribution in [1.29, 1.82) is 0 Å². The van der Waals surface area contributed by atoms with Gasteiger partial charge >= 0.3 is 0 Å². The summed E-state index contributed by atoms with van der Waals surface area (Å²) in [6.45, 7) is 1.60. The van der Waals surface area contributed by atoms with Gasteiger partial charge < -0.3 is 19.5 Å². The SMILES string of the molecule is COc1cc(OC)c(OC)cc1C[NH2+]Cc1ccccn1. The summed E-state index contributed by atoms with van der Waals surface area (Å²) < 4.78 is 16.0. The average molecular weight is 289 g/mol. The Hall–Kier alpha value is -2.27. The summed E-state index contributed by atoms with van der Waals surface area (Å²) in [5, 5.41) is 2.17. The number of aromatic nitrogens is 1. The van der Waals surface area contributed by atoms with Crippen LogP contribution in [0.4, 0.5) is 0 Å². The van der Waals surface area contributed by atoms with E-state index in [1.54, 1.807) is 27.5 Å². The molecule has 0 aliphatic carbocycles. The van der Waals surface area contributed by atoms with Crippen molar-refractivity contribution >= 4 is 0 Å². The Morgan fingerprint density at radius 3 is 2.24 bits per heavy atom. The first-order valence-electron chi connectivity index (χ1n) is 6.79. The van der Waals surface area contributed by atoms with Crippen molar-refractivity contribution in [3.05, 3.63) is 47.8 Å². The lowest BCUT2D eigenvalue weighted by Gasteiger charge is -2.13. The Morgan fingerprint density at radius 1 is 0.905 bits per heavy atom. The Bertz CT molecular complexity index is 573. The van der Waals surface area contributed by atoms with E-state index >= 15 is 0 Å². The second kappa shape index (κ2) is 7.50. The molecule has 0 amide bonds. The maximum Gasteiger partial charge on any atom is 0.164 e. The van der Waals surface area contributed by atoms with Gasteiger partial charge in [0.1, 0.15) is 18.8 Å². The molecule has 0 spiro atoms. The molecule has 2 rings (SSSR count). The van der Waals surface area contributed by atoms with E-state index in [1.807, 2.05) is 30.3 Å². The number of nitrogens with two attached hydrogens (primary N) is 1. The van der Waals surface area contributed by atoms with Gasteiger partial charge in [0.25, 0.3) is 0 Å². The third-order valence-corrected chi connectivity index (χ3v) is 3.23. The van der Waals surface area contributed by atoms with Crippen LogP contribution in [-0.4, -0.2) is 26.3 Å². The van der Waals surface area contributed by atoms with Crippen LogP contribution in [0.3, 0.4) is 0 Å². The summed E-state index contributed by atoms with van der Waals surface area (Å²) in [5.41, 5.74) is 2.11. The topological polar surface area (TPSA) is 57.2 Å². The molecular weight excluding hydrogens is 268 g/mol. The molecule has 5 nitrogen and oxygen atoms in total. The van der Waals surface area contributed by atoms with E-state index in [0.29, 0.717) is 11.5 Å². The molecular formula is C16H21N2O3+. The third kappa shape index (κ3) is 3.86. The Morgan fingerprint density at radius 2 is 1.62 bits per heavy atom. The minimum Gasteiger partial charge on any atom is -0.496 e. The number of pyridine rings is 1. The van der Waals surface area contributed by atoms with Crippen molar-refractivity contribution in [2.75, 3.05) is 21.3 Å². The van der Waals surface area contributed by atoms with Gasteiger partial charge in [-0.1, -0.05) is 6.07 Å². The van der Waals surface area contributed by atoms with Crippen molar-refractivity contribution < 1.29 is 19.5 Å². The second-order valence-electron chi connectivity index (χ2n) is 4.54. The third-order valence-electron chi connectivity index (χ3n) is 3.23. The molecule has 21 heavy (non-hydrogen) atoms. The van der Waals surface area contributed by atoms with Crippen LogP contribution in [-0.2, 0) is 13.1 Å². The molecule has 0 saturated heterocycles. The maximum absolute atomic E-state index is 5.42. The number of methoxy groups -OCH3 is 3. The normalized spacial score (nSPS) is 10.2. The van der Waals surface area contributed by atoms with Crippen molar-refractivity contribution in [3.63, 3.8) is 0 Å². The summed E-state index contributed by atoms with van der Waals surface area (Å²) in [6.07, 6.45) is 1.81. The Kier molecular flexibility index (Phi) is 5.40. The molecule has 0 saturated carbocycles. The van der Waals surface area contributed by atoms with E-state index < -0.39 is 0 Å². The van der Waals surface area contributed by atoms with E-state index in [9.17, 15) is 0 Å². The highest BCUT2D eigenvalue weighted by molar-refractivity contribution is 5.50. The van der Waals surface area contributed by atoms with Gasteiger partial charge in [-0.2, -0.15) is 0 Å². The zero-order chi connectivity index (χ0) is 15.1. The molecule has 0 unspecified atom stereocenters. The second-order valence-corrected chi connectivity index (χ2v) is 4.54. The molecule has 1 aromatic carbocycles. The first kappa shape index (κ1) is 15.1. The lowest BCUT2D eigenvalue weighted by atomic mass is 10.1. The minimum absolute atomic E-state index is 0.669. The number of hydrogen-bond acceptors (Lipinski definition) is 4. The van der Waals surface area contributed by atoms with E-state index in [-0.39, 0.29) is 0 Å². The van der Waals surface area contributed by atoms with Crippen LogP contribution < -0.4 is 19.5 Å². The van der Waals surface area contributed by atoms with Crippen molar-refractivity contribution in [2.24, 2.45) is 0 Å². The zero-order valence-corrected chi connectivity index (χ0v) is 12.6. The van der Waals surface area contributed by atoms with Crippen LogP contribution in [0.15, 0.2) is 36.5 Å². The molecule has 2 N–H and O–H groups in total. The predicted octanol–water partition coefficient (Wildman–Crippen LogP) is 1.37. The molecule has 0 aliphatic heterocycles. The molecule has 0 fully saturated rings. The molecule has 1 heterocycles. The van der Waals surface area contributed by atoms with Crippen LogP contribution in [0.5, 0.6) is 17.2 Å². The summed E-state index contributed by atoms with van der Waals surface area (Å²) in [6, 6.07) is 9.73. The van der Waals surface area contributed by atoms with Gasteiger partial charge in [0.15, 0.2) is 11.5 Å². The standard InChI is InChI=1S/C16H20N2O3/c1-19-14-9-16(21-3)15(20-2)8-12(14)10-17-11-13-6-4-5-7-18-13/h4-9,17H,10-11H2,1-3H3/p+1. The lowest BCUT2D eigenvalue weighted by molar-refractivity contribution is -0.686. The fourth-order valence-electron chi connectivity index (χ4n) is 2.15. The number of rotatable bonds is 7. The molecule has 0 bridgehead atoms.